The van der Waals surface area contributed by atoms with E-state index in [1.165, 1.54) is 6.07 Å². The van der Waals surface area contributed by atoms with Gasteiger partial charge in [0.1, 0.15) is 5.82 Å². The molecule has 0 radical (unpaired) electrons. The van der Waals surface area contributed by atoms with Crippen LogP contribution in [0.5, 0.6) is 0 Å². The van der Waals surface area contributed by atoms with E-state index in [9.17, 15) is 4.39 Å². The Morgan fingerprint density at radius 3 is 2.65 bits per heavy atom. The summed E-state index contributed by atoms with van der Waals surface area (Å²) in [6.07, 6.45) is 0. The molecular weight excluding hydrogens is 295 g/mol. The summed E-state index contributed by atoms with van der Waals surface area (Å²) in [5.41, 5.74) is 2.59. The molecule has 2 nitrogen and oxygen atoms in total. The van der Waals surface area contributed by atoms with Crippen LogP contribution in [0.1, 0.15) is 18.5 Å². The fourth-order valence-corrected chi connectivity index (χ4v) is 2.91. The number of nitrogens with zero attached hydrogens (tertiary/aromatic N) is 1. The molecule has 0 aliphatic carbocycles. The van der Waals surface area contributed by atoms with Crippen LogP contribution < -0.4 is 0 Å². The number of halogens is 2. The normalized spacial score (nSPS) is 12.8. The zero-order chi connectivity index (χ0) is 14.3. The van der Waals surface area contributed by atoms with Crippen LogP contribution >= 0.6 is 23.8 Å². The van der Waals surface area contributed by atoms with Gasteiger partial charge in [-0.15, -0.1) is 0 Å². The third-order valence-corrected chi connectivity index (χ3v) is 4.02. The van der Waals surface area contributed by atoms with Crippen LogP contribution in [-0.4, -0.2) is 9.55 Å². The van der Waals surface area contributed by atoms with Crippen molar-refractivity contribution in [2.24, 2.45) is 0 Å². The maximum atomic E-state index is 13.5. The standard InChI is InChI=1S/C15H12ClFN2S/c1-9(10-5-3-2-4-6-10)19-14-7-11(16)12(17)8-13(14)18-15(19)20/h2-9H,1H3,(H,18,20). The van der Waals surface area contributed by atoms with Crippen molar-refractivity contribution in [3.63, 3.8) is 0 Å². The Balaban J connectivity index is 2.24. The van der Waals surface area contributed by atoms with Crippen molar-refractivity contribution in [2.75, 3.05) is 0 Å². The molecule has 0 aliphatic heterocycles. The van der Waals surface area contributed by atoms with Crippen LogP contribution in [0.15, 0.2) is 42.5 Å². The van der Waals surface area contributed by atoms with E-state index in [-0.39, 0.29) is 11.1 Å². The Morgan fingerprint density at radius 1 is 1.25 bits per heavy atom. The van der Waals surface area contributed by atoms with Crippen LogP contribution in [0, 0.1) is 10.6 Å². The van der Waals surface area contributed by atoms with Crippen molar-refractivity contribution in [1.29, 1.82) is 0 Å². The molecule has 1 unspecified atom stereocenters. The number of fused-ring (bicyclic) bond motifs is 1. The molecule has 20 heavy (non-hydrogen) atoms. The minimum Gasteiger partial charge on any atom is -0.330 e. The summed E-state index contributed by atoms with van der Waals surface area (Å²) in [7, 11) is 0. The summed E-state index contributed by atoms with van der Waals surface area (Å²) in [4.78, 5) is 3.02. The average Bonchev–Trinajstić information content (AvgIpc) is 2.75. The number of aromatic nitrogens is 2. The van der Waals surface area contributed by atoms with Gasteiger partial charge in [-0.2, -0.15) is 0 Å². The molecule has 2 aromatic carbocycles. The van der Waals surface area contributed by atoms with Gasteiger partial charge in [0, 0.05) is 6.07 Å². The SMILES string of the molecule is CC(c1ccccc1)n1c(=S)[nH]c2cc(F)c(Cl)cc21. The maximum Gasteiger partial charge on any atom is 0.178 e. The Bertz CT molecular complexity index is 823. The van der Waals surface area contributed by atoms with Gasteiger partial charge in [-0.1, -0.05) is 41.9 Å². The van der Waals surface area contributed by atoms with Crippen molar-refractivity contribution in [2.45, 2.75) is 13.0 Å². The molecular formula is C15H12ClFN2S. The maximum absolute atomic E-state index is 13.5. The molecule has 1 N–H and O–H groups in total. The first-order valence-corrected chi connectivity index (χ1v) is 7.01. The lowest BCUT2D eigenvalue weighted by atomic mass is 10.1. The first kappa shape index (κ1) is 13.3. The molecule has 0 bridgehead atoms. The third-order valence-electron chi connectivity index (χ3n) is 3.43. The molecule has 1 heterocycles. The number of aromatic amines is 1. The fourth-order valence-electron chi connectivity index (χ4n) is 2.39. The van der Waals surface area contributed by atoms with Crippen molar-refractivity contribution in [3.8, 4) is 0 Å². The van der Waals surface area contributed by atoms with Crippen molar-refractivity contribution < 1.29 is 4.39 Å². The summed E-state index contributed by atoms with van der Waals surface area (Å²) in [6.45, 7) is 2.05. The first-order valence-electron chi connectivity index (χ1n) is 6.22. The second kappa shape index (κ2) is 5.04. The van der Waals surface area contributed by atoms with Crippen molar-refractivity contribution in [1.82, 2.24) is 9.55 Å². The molecule has 0 aliphatic rings. The Hall–Kier alpha value is -1.65. The third kappa shape index (κ3) is 2.15. The summed E-state index contributed by atoms with van der Waals surface area (Å²) >= 11 is 11.2. The second-order valence-corrected chi connectivity index (χ2v) is 5.46. The molecule has 0 spiro atoms. The Kier molecular flexibility index (Phi) is 3.36. The van der Waals surface area contributed by atoms with E-state index in [0.29, 0.717) is 10.3 Å². The first-order chi connectivity index (χ1) is 9.58. The van der Waals surface area contributed by atoms with E-state index < -0.39 is 5.82 Å². The highest BCUT2D eigenvalue weighted by molar-refractivity contribution is 7.71. The second-order valence-electron chi connectivity index (χ2n) is 4.67. The molecule has 1 atom stereocenters. The largest absolute Gasteiger partial charge is 0.330 e. The summed E-state index contributed by atoms with van der Waals surface area (Å²) in [5, 5.41) is 0.0977. The number of H-pyrrole nitrogens is 1. The highest BCUT2D eigenvalue weighted by Gasteiger charge is 2.14. The molecule has 3 rings (SSSR count). The lowest BCUT2D eigenvalue weighted by molar-refractivity contribution is 0.628. The van der Waals surface area contributed by atoms with Gasteiger partial charge in [-0.05, 0) is 30.8 Å². The summed E-state index contributed by atoms with van der Waals surface area (Å²) < 4.78 is 16.0. The minimum absolute atomic E-state index is 0.0407. The molecule has 102 valence electrons. The predicted molar refractivity (Wildman–Crippen MR) is 82.3 cm³/mol. The topological polar surface area (TPSA) is 20.7 Å². The highest BCUT2D eigenvalue weighted by atomic mass is 35.5. The van der Waals surface area contributed by atoms with E-state index in [4.69, 9.17) is 23.8 Å². The van der Waals surface area contributed by atoms with Crippen LogP contribution in [-0.2, 0) is 0 Å². The van der Waals surface area contributed by atoms with Gasteiger partial charge < -0.3 is 9.55 Å². The quantitative estimate of drug-likeness (QED) is 0.653. The Labute approximate surface area is 125 Å². The zero-order valence-corrected chi connectivity index (χ0v) is 12.3. The van der Waals surface area contributed by atoms with E-state index in [1.54, 1.807) is 6.07 Å². The predicted octanol–water partition coefficient (Wildman–Crippen LogP) is 5.10. The lowest BCUT2D eigenvalue weighted by Gasteiger charge is -2.15. The molecule has 0 amide bonds. The fraction of sp³-hybridized carbons (Fsp3) is 0.133. The monoisotopic (exact) mass is 306 g/mol. The highest BCUT2D eigenvalue weighted by Crippen LogP contribution is 2.27. The van der Waals surface area contributed by atoms with E-state index >= 15 is 0 Å². The van der Waals surface area contributed by atoms with Crippen LogP contribution in [0.4, 0.5) is 4.39 Å². The van der Waals surface area contributed by atoms with Crippen LogP contribution in [0.25, 0.3) is 11.0 Å². The van der Waals surface area contributed by atoms with Gasteiger partial charge in [0.25, 0.3) is 0 Å². The molecule has 0 saturated carbocycles. The van der Waals surface area contributed by atoms with Gasteiger partial charge in [0.05, 0.1) is 22.1 Å². The van der Waals surface area contributed by atoms with Crippen molar-refractivity contribution in [3.05, 3.63) is 63.6 Å². The van der Waals surface area contributed by atoms with E-state index in [2.05, 4.69) is 11.9 Å². The molecule has 0 fully saturated rings. The van der Waals surface area contributed by atoms with Gasteiger partial charge >= 0.3 is 0 Å². The van der Waals surface area contributed by atoms with Crippen molar-refractivity contribution >= 4 is 34.9 Å². The zero-order valence-electron chi connectivity index (χ0n) is 10.7. The van der Waals surface area contributed by atoms with Crippen LogP contribution in [0.3, 0.4) is 0 Å². The molecule has 5 heteroatoms. The number of rotatable bonds is 2. The summed E-state index contributed by atoms with van der Waals surface area (Å²) in [5.74, 6) is -0.449. The molecule has 3 aromatic rings. The van der Waals surface area contributed by atoms with Crippen LogP contribution in [0.2, 0.25) is 5.02 Å². The number of hydrogen-bond donors (Lipinski definition) is 1. The lowest BCUT2D eigenvalue weighted by Crippen LogP contribution is -2.06. The van der Waals surface area contributed by atoms with E-state index in [1.807, 2.05) is 34.9 Å². The van der Waals surface area contributed by atoms with Gasteiger partial charge in [0.15, 0.2) is 4.77 Å². The minimum atomic E-state index is -0.449. The molecule has 0 saturated heterocycles. The summed E-state index contributed by atoms with van der Waals surface area (Å²) in [6, 6.07) is 13.0. The average molecular weight is 307 g/mol. The smallest absolute Gasteiger partial charge is 0.178 e. The van der Waals surface area contributed by atoms with Gasteiger partial charge in [-0.25, -0.2) is 4.39 Å². The number of benzene rings is 2. The van der Waals surface area contributed by atoms with Gasteiger partial charge in [-0.3, -0.25) is 0 Å². The number of imidazole rings is 1. The number of hydrogen-bond acceptors (Lipinski definition) is 1. The molecule has 1 aromatic heterocycles. The van der Waals surface area contributed by atoms with Gasteiger partial charge in [0.2, 0.25) is 0 Å². The number of nitrogens with one attached hydrogen (secondary N) is 1. The Morgan fingerprint density at radius 2 is 1.95 bits per heavy atom. The van der Waals surface area contributed by atoms with E-state index in [0.717, 1.165) is 11.1 Å².